The van der Waals surface area contributed by atoms with Gasteiger partial charge in [0.25, 0.3) is 5.91 Å². The van der Waals surface area contributed by atoms with Gasteiger partial charge in [0.1, 0.15) is 5.76 Å². The topological polar surface area (TPSA) is 115 Å². The van der Waals surface area contributed by atoms with Crippen molar-refractivity contribution in [3.63, 3.8) is 0 Å². The van der Waals surface area contributed by atoms with Crippen LogP contribution in [0.5, 0.6) is 0 Å². The van der Waals surface area contributed by atoms with E-state index in [4.69, 9.17) is 9.15 Å². The highest BCUT2D eigenvalue weighted by Crippen LogP contribution is 2.27. The van der Waals surface area contributed by atoms with E-state index in [1.54, 1.807) is 24.3 Å². The van der Waals surface area contributed by atoms with E-state index < -0.39 is 28.5 Å². The molecule has 9 heteroatoms. The summed E-state index contributed by atoms with van der Waals surface area (Å²) >= 11 is 0. The Balaban J connectivity index is 1.33. The van der Waals surface area contributed by atoms with E-state index in [0.717, 1.165) is 11.1 Å². The summed E-state index contributed by atoms with van der Waals surface area (Å²) in [5, 5.41) is 2.76. The van der Waals surface area contributed by atoms with E-state index >= 15 is 0 Å². The molecule has 3 aromatic carbocycles. The molecule has 0 bridgehead atoms. The highest BCUT2D eigenvalue weighted by atomic mass is 32.2. The molecule has 1 amide bonds. The van der Waals surface area contributed by atoms with Crippen LogP contribution in [0.2, 0.25) is 0 Å². The molecule has 0 saturated carbocycles. The Bertz CT molecular complexity index is 1400. The van der Waals surface area contributed by atoms with Crippen LogP contribution in [0.4, 0.5) is 5.69 Å². The lowest BCUT2D eigenvalue weighted by Gasteiger charge is -2.12. The lowest BCUT2D eigenvalue weighted by Crippen LogP contribution is -2.23. The molecular formula is C26H22N2O6S. The van der Waals surface area contributed by atoms with Gasteiger partial charge < -0.3 is 14.5 Å². The van der Waals surface area contributed by atoms with Crippen LogP contribution in [0, 0.1) is 0 Å². The number of anilines is 1. The molecule has 0 unspecified atom stereocenters. The first-order valence-electron chi connectivity index (χ1n) is 10.7. The highest BCUT2D eigenvalue weighted by molar-refractivity contribution is 7.89. The van der Waals surface area contributed by atoms with Gasteiger partial charge in [-0.15, -0.1) is 0 Å². The smallest absolute Gasteiger partial charge is 0.338 e. The monoisotopic (exact) mass is 490 g/mol. The van der Waals surface area contributed by atoms with Crippen molar-refractivity contribution in [3.05, 3.63) is 109 Å². The summed E-state index contributed by atoms with van der Waals surface area (Å²) in [6.45, 7) is -0.492. The van der Waals surface area contributed by atoms with Crippen molar-refractivity contribution in [3.8, 4) is 11.1 Å². The number of hydrogen-bond donors (Lipinski definition) is 2. The summed E-state index contributed by atoms with van der Waals surface area (Å²) in [6.07, 6.45) is 1.45. The van der Waals surface area contributed by atoms with E-state index in [1.807, 2.05) is 42.5 Å². The second kappa shape index (κ2) is 10.8. The van der Waals surface area contributed by atoms with E-state index in [0.29, 0.717) is 11.4 Å². The summed E-state index contributed by atoms with van der Waals surface area (Å²) in [5.74, 6) is -0.773. The molecule has 0 aliphatic rings. The van der Waals surface area contributed by atoms with Gasteiger partial charge in [-0.25, -0.2) is 17.9 Å². The van der Waals surface area contributed by atoms with Gasteiger partial charge >= 0.3 is 5.97 Å². The number of furan rings is 1. The number of hydrogen-bond acceptors (Lipinski definition) is 6. The number of benzene rings is 3. The highest BCUT2D eigenvalue weighted by Gasteiger charge is 2.17. The van der Waals surface area contributed by atoms with E-state index in [-0.39, 0.29) is 17.0 Å². The molecule has 0 aliphatic carbocycles. The largest absolute Gasteiger partial charge is 0.468 e. The summed E-state index contributed by atoms with van der Waals surface area (Å²) in [5.41, 5.74) is 2.49. The normalized spacial score (nSPS) is 11.1. The van der Waals surface area contributed by atoms with E-state index in [2.05, 4.69) is 10.0 Å². The fourth-order valence-corrected chi connectivity index (χ4v) is 4.29. The number of nitrogens with one attached hydrogen (secondary N) is 2. The van der Waals surface area contributed by atoms with Crippen LogP contribution in [0.1, 0.15) is 16.1 Å². The third-order valence-electron chi connectivity index (χ3n) is 5.04. The van der Waals surface area contributed by atoms with Gasteiger partial charge in [0.2, 0.25) is 10.0 Å². The van der Waals surface area contributed by atoms with Crippen molar-refractivity contribution >= 4 is 27.6 Å². The Morgan fingerprint density at radius 3 is 2.26 bits per heavy atom. The Morgan fingerprint density at radius 1 is 0.829 bits per heavy atom. The van der Waals surface area contributed by atoms with Crippen molar-refractivity contribution in [2.75, 3.05) is 11.9 Å². The first-order valence-corrected chi connectivity index (χ1v) is 12.1. The molecule has 35 heavy (non-hydrogen) atoms. The molecule has 0 spiro atoms. The fourth-order valence-electron chi connectivity index (χ4n) is 3.30. The summed E-state index contributed by atoms with van der Waals surface area (Å²) < 4.78 is 37.4. The lowest BCUT2D eigenvalue weighted by molar-refractivity contribution is -0.119. The maximum absolute atomic E-state index is 12.4. The summed E-state index contributed by atoms with van der Waals surface area (Å²) in [4.78, 5) is 24.7. The van der Waals surface area contributed by atoms with Gasteiger partial charge in [0.15, 0.2) is 6.61 Å². The zero-order chi connectivity index (χ0) is 24.7. The molecule has 1 heterocycles. The van der Waals surface area contributed by atoms with Crippen LogP contribution in [-0.4, -0.2) is 26.9 Å². The van der Waals surface area contributed by atoms with Crippen LogP contribution in [0.25, 0.3) is 11.1 Å². The van der Waals surface area contributed by atoms with Gasteiger partial charge in [-0.1, -0.05) is 48.5 Å². The Hall–Kier alpha value is -4.21. The number of carbonyl (C=O) groups is 2. The Morgan fingerprint density at radius 2 is 1.54 bits per heavy atom. The van der Waals surface area contributed by atoms with Crippen molar-refractivity contribution in [2.45, 2.75) is 11.4 Å². The first-order chi connectivity index (χ1) is 16.9. The molecule has 178 valence electrons. The van der Waals surface area contributed by atoms with Crippen LogP contribution in [0.15, 0.2) is 107 Å². The standard InChI is InChI=1S/C26H22N2O6S/c29-25(28-24-11-5-4-10-23(24)19-7-2-1-3-8-19)18-34-26(30)20-12-14-22(15-13-20)35(31,32)27-17-21-9-6-16-33-21/h1-16,27H,17-18H2,(H,28,29). The maximum atomic E-state index is 12.4. The van der Waals surface area contributed by atoms with Gasteiger partial charge in [0.05, 0.1) is 23.3 Å². The Kier molecular flexibility index (Phi) is 7.39. The molecular weight excluding hydrogens is 468 g/mol. The van der Waals surface area contributed by atoms with Gasteiger partial charge in [-0.2, -0.15) is 0 Å². The predicted octanol–water partition coefficient (Wildman–Crippen LogP) is 4.22. The molecule has 2 N–H and O–H groups in total. The number of ether oxygens (including phenoxy) is 1. The molecule has 0 aliphatic heterocycles. The van der Waals surface area contributed by atoms with Crippen LogP contribution in [0.3, 0.4) is 0 Å². The zero-order valence-corrected chi connectivity index (χ0v) is 19.3. The number of rotatable bonds is 9. The minimum Gasteiger partial charge on any atom is -0.468 e. The molecule has 8 nitrogen and oxygen atoms in total. The van der Waals surface area contributed by atoms with Crippen molar-refractivity contribution in [1.82, 2.24) is 4.72 Å². The van der Waals surface area contributed by atoms with Crippen LogP contribution in [-0.2, 0) is 26.1 Å². The molecule has 0 radical (unpaired) electrons. The SMILES string of the molecule is O=C(COC(=O)c1ccc(S(=O)(=O)NCc2ccco2)cc1)Nc1ccccc1-c1ccccc1. The zero-order valence-electron chi connectivity index (χ0n) is 18.5. The minimum atomic E-state index is -3.79. The molecule has 4 aromatic rings. The van der Waals surface area contributed by atoms with Crippen molar-refractivity contribution < 1.29 is 27.2 Å². The lowest BCUT2D eigenvalue weighted by atomic mass is 10.0. The minimum absolute atomic E-state index is 0.00163. The molecule has 1 aromatic heterocycles. The molecule has 0 saturated heterocycles. The van der Waals surface area contributed by atoms with E-state index in [1.165, 1.54) is 30.5 Å². The fraction of sp³-hybridized carbons (Fsp3) is 0.0769. The average Bonchev–Trinajstić information content (AvgIpc) is 3.41. The van der Waals surface area contributed by atoms with Crippen molar-refractivity contribution in [2.24, 2.45) is 0 Å². The number of para-hydroxylation sites is 1. The number of carbonyl (C=O) groups excluding carboxylic acids is 2. The van der Waals surface area contributed by atoms with Gasteiger partial charge in [0, 0.05) is 11.3 Å². The Labute approximate surface area is 202 Å². The number of esters is 1. The molecule has 0 atom stereocenters. The number of amides is 1. The van der Waals surface area contributed by atoms with E-state index in [9.17, 15) is 18.0 Å². The second-order valence-electron chi connectivity index (χ2n) is 7.46. The van der Waals surface area contributed by atoms with Crippen LogP contribution < -0.4 is 10.0 Å². The third-order valence-corrected chi connectivity index (χ3v) is 6.45. The van der Waals surface area contributed by atoms with Gasteiger partial charge in [-0.3, -0.25) is 4.79 Å². The number of sulfonamides is 1. The second-order valence-corrected chi connectivity index (χ2v) is 9.23. The third kappa shape index (κ3) is 6.23. The average molecular weight is 491 g/mol. The summed E-state index contributed by atoms with van der Waals surface area (Å²) in [6, 6.07) is 25.4. The van der Waals surface area contributed by atoms with Crippen molar-refractivity contribution in [1.29, 1.82) is 0 Å². The maximum Gasteiger partial charge on any atom is 0.338 e. The summed E-state index contributed by atoms with van der Waals surface area (Å²) in [7, 11) is -3.79. The molecule has 4 rings (SSSR count). The molecule has 0 fully saturated rings. The van der Waals surface area contributed by atoms with Crippen LogP contribution >= 0.6 is 0 Å². The van der Waals surface area contributed by atoms with Gasteiger partial charge in [-0.05, 0) is 48.0 Å². The first kappa shape index (κ1) is 23.9. The quantitative estimate of drug-likeness (QED) is 0.340. The predicted molar refractivity (Wildman–Crippen MR) is 130 cm³/mol.